The van der Waals surface area contributed by atoms with E-state index >= 15 is 0 Å². The maximum absolute atomic E-state index is 12.6. The number of carboxylic acids is 1. The van der Waals surface area contributed by atoms with E-state index in [2.05, 4.69) is 11.4 Å². The van der Waals surface area contributed by atoms with Gasteiger partial charge in [-0.2, -0.15) is 0 Å². The van der Waals surface area contributed by atoms with Crippen LogP contribution in [-0.2, 0) is 17.8 Å². The first-order valence-electron chi connectivity index (χ1n) is 7.97. The molecule has 2 N–H and O–H groups in total. The van der Waals surface area contributed by atoms with Gasteiger partial charge in [-0.05, 0) is 41.0 Å². The minimum atomic E-state index is -1.05. The number of rotatable bonds is 5. The summed E-state index contributed by atoms with van der Waals surface area (Å²) >= 11 is 1.64. The molecule has 1 atom stereocenters. The summed E-state index contributed by atoms with van der Waals surface area (Å²) < 4.78 is 5.05. The van der Waals surface area contributed by atoms with Crippen LogP contribution in [-0.4, -0.2) is 29.8 Å². The number of carbonyl (C=O) groups is 2. The number of hydrogen-bond donors (Lipinski definition) is 2. The molecule has 1 aliphatic rings. The number of thioether (sulfide) groups is 1. The molecule has 2 aromatic carbocycles. The molecule has 6 heteroatoms. The van der Waals surface area contributed by atoms with Gasteiger partial charge < -0.3 is 15.2 Å². The van der Waals surface area contributed by atoms with Crippen LogP contribution in [0.2, 0.25) is 0 Å². The molecule has 0 spiro atoms. The minimum absolute atomic E-state index is 0.0511. The first kappa shape index (κ1) is 17.4. The van der Waals surface area contributed by atoms with Gasteiger partial charge >= 0.3 is 5.97 Å². The second-order valence-electron chi connectivity index (χ2n) is 5.76. The van der Waals surface area contributed by atoms with E-state index in [-0.39, 0.29) is 23.3 Å². The molecule has 25 heavy (non-hydrogen) atoms. The number of fused-ring (bicyclic) bond motifs is 1. The predicted octanol–water partition coefficient (Wildman–Crippen LogP) is 3.04. The van der Waals surface area contributed by atoms with Gasteiger partial charge in [-0.1, -0.05) is 30.3 Å². The van der Waals surface area contributed by atoms with Crippen LogP contribution < -0.4 is 10.1 Å². The largest absolute Gasteiger partial charge is 0.496 e. The van der Waals surface area contributed by atoms with Crippen molar-refractivity contribution >= 4 is 23.6 Å². The molecular formula is C19H19NO4S. The Labute approximate surface area is 150 Å². The fraction of sp³-hybridized carbons (Fsp3) is 0.263. The molecule has 0 aromatic heterocycles. The summed E-state index contributed by atoms with van der Waals surface area (Å²) in [5.74, 6) is 0.117. The van der Waals surface area contributed by atoms with Crippen LogP contribution >= 0.6 is 11.8 Å². The van der Waals surface area contributed by atoms with E-state index in [1.807, 2.05) is 18.2 Å². The van der Waals surface area contributed by atoms with E-state index in [0.717, 1.165) is 23.3 Å². The second kappa shape index (κ2) is 7.61. The summed E-state index contributed by atoms with van der Waals surface area (Å²) in [5.41, 5.74) is 3.10. The molecule has 0 aliphatic carbocycles. The van der Waals surface area contributed by atoms with Crippen LogP contribution in [0.15, 0.2) is 42.5 Å². The van der Waals surface area contributed by atoms with Crippen molar-refractivity contribution in [2.24, 2.45) is 0 Å². The Bertz CT molecular complexity index is 806. The Balaban J connectivity index is 1.71. The highest BCUT2D eigenvalue weighted by molar-refractivity contribution is 8.00. The molecule has 130 valence electrons. The Hall–Kier alpha value is -2.47. The molecule has 0 bridgehead atoms. The quantitative estimate of drug-likeness (QED) is 0.860. The van der Waals surface area contributed by atoms with E-state index in [0.29, 0.717) is 5.75 Å². The van der Waals surface area contributed by atoms with Gasteiger partial charge in [0.15, 0.2) is 0 Å². The number of ether oxygens (including phenoxy) is 1. The van der Waals surface area contributed by atoms with Gasteiger partial charge in [0.1, 0.15) is 16.6 Å². The highest BCUT2D eigenvalue weighted by Gasteiger charge is 2.26. The zero-order valence-corrected chi connectivity index (χ0v) is 14.6. The van der Waals surface area contributed by atoms with Crippen LogP contribution in [0.5, 0.6) is 5.75 Å². The minimum Gasteiger partial charge on any atom is -0.496 e. The summed E-state index contributed by atoms with van der Waals surface area (Å²) in [6.07, 6.45) is 0.977. The lowest BCUT2D eigenvalue weighted by molar-refractivity contribution is -0.120. The smallest absolute Gasteiger partial charge is 0.339 e. The summed E-state index contributed by atoms with van der Waals surface area (Å²) in [6.45, 7) is 0.280. The number of nitrogens with one attached hydrogen (secondary N) is 1. The normalized spacial score (nSPS) is 16.0. The van der Waals surface area contributed by atoms with Gasteiger partial charge in [0.05, 0.1) is 7.11 Å². The van der Waals surface area contributed by atoms with Crippen LogP contribution in [0.25, 0.3) is 0 Å². The predicted molar refractivity (Wildman–Crippen MR) is 97.1 cm³/mol. The van der Waals surface area contributed by atoms with Gasteiger partial charge in [-0.25, -0.2) is 4.79 Å². The lowest BCUT2D eigenvalue weighted by Crippen LogP contribution is -2.29. The molecule has 1 aliphatic heterocycles. The Morgan fingerprint density at radius 2 is 2.08 bits per heavy atom. The van der Waals surface area contributed by atoms with Crippen LogP contribution in [0.3, 0.4) is 0 Å². The lowest BCUT2D eigenvalue weighted by atomic mass is 10.0. The lowest BCUT2D eigenvalue weighted by Gasteiger charge is -2.24. The van der Waals surface area contributed by atoms with E-state index in [4.69, 9.17) is 4.74 Å². The first-order valence-corrected chi connectivity index (χ1v) is 9.02. The van der Waals surface area contributed by atoms with Crippen molar-refractivity contribution in [2.45, 2.75) is 18.2 Å². The maximum Gasteiger partial charge on any atom is 0.339 e. The molecule has 3 rings (SSSR count). The van der Waals surface area contributed by atoms with Crippen molar-refractivity contribution < 1.29 is 19.4 Å². The van der Waals surface area contributed by atoms with Crippen molar-refractivity contribution in [3.8, 4) is 5.75 Å². The third-order valence-electron chi connectivity index (χ3n) is 4.19. The number of methoxy groups -OCH3 is 1. The molecule has 1 amide bonds. The Kier molecular flexibility index (Phi) is 5.28. The average Bonchev–Trinajstić information content (AvgIpc) is 2.65. The number of aromatic carboxylic acids is 1. The van der Waals surface area contributed by atoms with Crippen molar-refractivity contribution in [3.05, 3.63) is 64.7 Å². The maximum atomic E-state index is 12.6. The molecule has 0 saturated heterocycles. The SMILES string of the molecule is COc1ccc(CNC(=O)C2SCCc3ccccc32)cc1C(=O)O. The van der Waals surface area contributed by atoms with Crippen molar-refractivity contribution in [1.82, 2.24) is 5.32 Å². The van der Waals surface area contributed by atoms with Crippen molar-refractivity contribution in [2.75, 3.05) is 12.9 Å². The van der Waals surface area contributed by atoms with Gasteiger partial charge in [0.25, 0.3) is 0 Å². The summed E-state index contributed by atoms with van der Waals surface area (Å²) in [6, 6.07) is 12.9. The van der Waals surface area contributed by atoms with E-state index in [1.165, 1.54) is 18.7 Å². The van der Waals surface area contributed by atoms with Gasteiger partial charge in [0.2, 0.25) is 5.91 Å². The molecule has 5 nitrogen and oxygen atoms in total. The highest BCUT2D eigenvalue weighted by Crippen LogP contribution is 2.36. The monoisotopic (exact) mass is 357 g/mol. The number of amides is 1. The zero-order valence-electron chi connectivity index (χ0n) is 13.8. The standard InChI is InChI=1S/C19H19NO4S/c1-24-16-7-6-12(10-15(16)19(22)23)11-20-18(21)17-14-5-3-2-4-13(14)8-9-25-17/h2-7,10,17H,8-9,11H2,1H3,(H,20,21)(H,22,23). The van der Waals surface area contributed by atoms with Gasteiger partial charge in [-0.15, -0.1) is 11.8 Å². The average molecular weight is 357 g/mol. The molecule has 0 saturated carbocycles. The zero-order chi connectivity index (χ0) is 17.8. The van der Waals surface area contributed by atoms with Crippen LogP contribution in [0.1, 0.15) is 32.3 Å². The van der Waals surface area contributed by atoms with Crippen LogP contribution in [0.4, 0.5) is 0 Å². The second-order valence-corrected chi connectivity index (χ2v) is 6.97. The summed E-state index contributed by atoms with van der Waals surface area (Å²) in [4.78, 5) is 23.9. The highest BCUT2D eigenvalue weighted by atomic mass is 32.2. The fourth-order valence-corrected chi connectivity index (χ4v) is 4.14. The first-order chi connectivity index (χ1) is 12.1. The Morgan fingerprint density at radius 3 is 2.84 bits per heavy atom. The summed E-state index contributed by atoms with van der Waals surface area (Å²) in [5, 5.41) is 11.9. The number of benzene rings is 2. The topological polar surface area (TPSA) is 75.6 Å². The molecule has 0 radical (unpaired) electrons. The number of aryl methyl sites for hydroxylation is 1. The molecular weight excluding hydrogens is 338 g/mol. The van der Waals surface area contributed by atoms with Gasteiger partial charge in [0, 0.05) is 6.54 Å². The van der Waals surface area contributed by atoms with Crippen LogP contribution in [0, 0.1) is 0 Å². The number of carbonyl (C=O) groups excluding carboxylic acids is 1. The summed E-state index contributed by atoms with van der Waals surface area (Å²) in [7, 11) is 1.43. The third kappa shape index (κ3) is 3.79. The van der Waals surface area contributed by atoms with Crippen molar-refractivity contribution in [3.63, 3.8) is 0 Å². The van der Waals surface area contributed by atoms with E-state index in [1.54, 1.807) is 23.9 Å². The Morgan fingerprint density at radius 1 is 1.28 bits per heavy atom. The molecule has 1 unspecified atom stereocenters. The third-order valence-corrected chi connectivity index (χ3v) is 5.43. The van der Waals surface area contributed by atoms with E-state index in [9.17, 15) is 14.7 Å². The van der Waals surface area contributed by atoms with Crippen molar-refractivity contribution in [1.29, 1.82) is 0 Å². The molecule has 1 heterocycles. The van der Waals surface area contributed by atoms with E-state index < -0.39 is 5.97 Å². The number of carboxylic acid groups (broad SMARTS) is 1. The van der Waals surface area contributed by atoms with Gasteiger partial charge in [-0.3, -0.25) is 4.79 Å². The molecule has 2 aromatic rings. The fourth-order valence-electron chi connectivity index (χ4n) is 2.93. The molecule has 0 fully saturated rings. The number of hydrogen-bond acceptors (Lipinski definition) is 4.